The number of rotatable bonds is 1. The molecule has 0 atom stereocenters. The van der Waals surface area contributed by atoms with Crippen LogP contribution in [-0.2, 0) is 0 Å². The largest absolute Gasteiger partial charge is 0.0807 e. The molecule has 0 spiro atoms. The Balaban J connectivity index is 2.24. The molecule has 80 valence electrons. The SMILES string of the molecule is Cc1ccccc1/C1=C\CCCCCC1. The molecule has 0 radical (unpaired) electrons. The summed E-state index contributed by atoms with van der Waals surface area (Å²) in [5, 5.41) is 0. The van der Waals surface area contributed by atoms with Crippen molar-refractivity contribution in [1.82, 2.24) is 0 Å². The van der Waals surface area contributed by atoms with Gasteiger partial charge in [-0.3, -0.25) is 0 Å². The molecule has 2 rings (SSSR count). The van der Waals surface area contributed by atoms with E-state index in [1.807, 2.05) is 0 Å². The molecular formula is C15H20. The molecule has 0 aromatic heterocycles. The third kappa shape index (κ3) is 2.71. The lowest BCUT2D eigenvalue weighted by atomic mass is 9.92. The normalized spacial score (nSPS) is 21.3. The van der Waals surface area contributed by atoms with Crippen molar-refractivity contribution in [3.63, 3.8) is 0 Å². The average molecular weight is 200 g/mol. The van der Waals surface area contributed by atoms with Crippen LogP contribution in [0.25, 0.3) is 5.57 Å². The first-order valence-electron chi connectivity index (χ1n) is 6.13. The Morgan fingerprint density at radius 2 is 1.73 bits per heavy atom. The summed E-state index contributed by atoms with van der Waals surface area (Å²) in [5.74, 6) is 0. The maximum absolute atomic E-state index is 2.46. The van der Waals surface area contributed by atoms with Gasteiger partial charge >= 0.3 is 0 Å². The maximum Gasteiger partial charge on any atom is -0.0198 e. The van der Waals surface area contributed by atoms with Crippen LogP contribution in [0.1, 0.15) is 49.7 Å². The van der Waals surface area contributed by atoms with Crippen LogP contribution in [0.4, 0.5) is 0 Å². The molecular weight excluding hydrogens is 180 g/mol. The van der Waals surface area contributed by atoms with Crippen LogP contribution in [0.2, 0.25) is 0 Å². The van der Waals surface area contributed by atoms with Crippen LogP contribution in [0.15, 0.2) is 30.3 Å². The maximum atomic E-state index is 2.46. The van der Waals surface area contributed by atoms with Gasteiger partial charge in [0.15, 0.2) is 0 Å². The first kappa shape index (κ1) is 10.5. The predicted octanol–water partition coefficient (Wildman–Crippen LogP) is 4.73. The monoisotopic (exact) mass is 200 g/mol. The number of hydrogen-bond donors (Lipinski definition) is 0. The molecule has 1 aromatic rings. The highest BCUT2D eigenvalue weighted by molar-refractivity contribution is 5.68. The molecule has 0 bridgehead atoms. The Bertz CT molecular complexity index is 347. The lowest BCUT2D eigenvalue weighted by Gasteiger charge is -2.13. The summed E-state index contributed by atoms with van der Waals surface area (Å²) in [7, 11) is 0. The van der Waals surface area contributed by atoms with Gasteiger partial charge in [0.25, 0.3) is 0 Å². The minimum Gasteiger partial charge on any atom is -0.0807 e. The second-order valence-electron chi connectivity index (χ2n) is 4.50. The first-order chi connectivity index (χ1) is 7.38. The molecule has 0 nitrogen and oxygen atoms in total. The van der Waals surface area contributed by atoms with Crippen molar-refractivity contribution in [3.05, 3.63) is 41.5 Å². The van der Waals surface area contributed by atoms with E-state index < -0.39 is 0 Å². The van der Waals surface area contributed by atoms with Gasteiger partial charge in [-0.25, -0.2) is 0 Å². The molecule has 0 fully saturated rings. The smallest absolute Gasteiger partial charge is 0.0198 e. The number of allylic oxidation sites excluding steroid dienone is 2. The lowest BCUT2D eigenvalue weighted by molar-refractivity contribution is 0.643. The lowest BCUT2D eigenvalue weighted by Crippen LogP contribution is -1.92. The highest BCUT2D eigenvalue weighted by atomic mass is 14.1. The minimum atomic E-state index is 1.27. The Kier molecular flexibility index (Phi) is 3.60. The standard InChI is InChI=1S/C15H20/c1-13-9-7-8-12-15(13)14-10-5-3-2-4-6-11-14/h7-10,12H,2-6,11H2,1H3/b14-10-. The topological polar surface area (TPSA) is 0 Å². The van der Waals surface area contributed by atoms with Gasteiger partial charge in [0.05, 0.1) is 0 Å². The van der Waals surface area contributed by atoms with Crippen molar-refractivity contribution < 1.29 is 0 Å². The van der Waals surface area contributed by atoms with Gasteiger partial charge in [-0.2, -0.15) is 0 Å². The summed E-state index contributed by atoms with van der Waals surface area (Å²) in [6.45, 7) is 2.22. The third-order valence-corrected chi connectivity index (χ3v) is 3.28. The van der Waals surface area contributed by atoms with Crippen LogP contribution < -0.4 is 0 Å². The van der Waals surface area contributed by atoms with E-state index in [1.165, 1.54) is 49.7 Å². The Labute approximate surface area is 93.0 Å². The predicted molar refractivity (Wildman–Crippen MR) is 66.9 cm³/mol. The molecule has 15 heavy (non-hydrogen) atoms. The average Bonchev–Trinajstić information content (AvgIpc) is 2.19. The van der Waals surface area contributed by atoms with Crippen molar-refractivity contribution in [2.75, 3.05) is 0 Å². The van der Waals surface area contributed by atoms with Crippen molar-refractivity contribution in [3.8, 4) is 0 Å². The summed E-state index contributed by atoms with van der Waals surface area (Å²) >= 11 is 0. The van der Waals surface area contributed by atoms with E-state index in [-0.39, 0.29) is 0 Å². The van der Waals surface area contributed by atoms with E-state index in [2.05, 4.69) is 37.3 Å². The van der Waals surface area contributed by atoms with E-state index in [0.29, 0.717) is 0 Å². The van der Waals surface area contributed by atoms with Crippen LogP contribution in [-0.4, -0.2) is 0 Å². The van der Waals surface area contributed by atoms with E-state index in [4.69, 9.17) is 0 Å². The number of hydrogen-bond acceptors (Lipinski definition) is 0. The second kappa shape index (κ2) is 5.16. The van der Waals surface area contributed by atoms with E-state index in [1.54, 1.807) is 5.57 Å². The Morgan fingerprint density at radius 3 is 2.60 bits per heavy atom. The summed E-state index contributed by atoms with van der Waals surface area (Å²) in [6.07, 6.45) is 10.5. The molecule has 0 aliphatic heterocycles. The van der Waals surface area contributed by atoms with Crippen LogP contribution in [0.5, 0.6) is 0 Å². The fourth-order valence-corrected chi connectivity index (χ4v) is 2.37. The van der Waals surface area contributed by atoms with Gasteiger partial charge < -0.3 is 0 Å². The number of aryl methyl sites for hydroxylation is 1. The van der Waals surface area contributed by atoms with Crippen molar-refractivity contribution in [2.24, 2.45) is 0 Å². The zero-order valence-electron chi connectivity index (χ0n) is 9.63. The van der Waals surface area contributed by atoms with Gasteiger partial charge in [-0.15, -0.1) is 0 Å². The summed E-state index contributed by atoms with van der Waals surface area (Å²) in [6, 6.07) is 8.77. The fourth-order valence-electron chi connectivity index (χ4n) is 2.37. The molecule has 0 heteroatoms. The number of benzene rings is 1. The van der Waals surface area contributed by atoms with Crippen molar-refractivity contribution >= 4 is 5.57 Å². The highest BCUT2D eigenvalue weighted by Crippen LogP contribution is 2.27. The molecule has 1 aliphatic carbocycles. The quantitative estimate of drug-likeness (QED) is 0.614. The van der Waals surface area contributed by atoms with Gasteiger partial charge in [-0.1, -0.05) is 43.2 Å². The minimum absolute atomic E-state index is 1.27. The highest BCUT2D eigenvalue weighted by Gasteiger charge is 2.06. The zero-order valence-corrected chi connectivity index (χ0v) is 9.63. The third-order valence-electron chi connectivity index (χ3n) is 3.28. The Hall–Kier alpha value is -1.04. The molecule has 0 saturated heterocycles. The van der Waals surface area contributed by atoms with Gasteiger partial charge in [0, 0.05) is 0 Å². The van der Waals surface area contributed by atoms with Crippen LogP contribution in [0, 0.1) is 6.92 Å². The molecule has 0 unspecified atom stereocenters. The zero-order chi connectivity index (χ0) is 10.5. The Morgan fingerprint density at radius 1 is 0.933 bits per heavy atom. The van der Waals surface area contributed by atoms with E-state index in [0.717, 1.165) is 0 Å². The van der Waals surface area contributed by atoms with Crippen LogP contribution in [0.3, 0.4) is 0 Å². The molecule has 0 N–H and O–H groups in total. The molecule has 0 saturated carbocycles. The first-order valence-corrected chi connectivity index (χ1v) is 6.13. The van der Waals surface area contributed by atoms with Gasteiger partial charge in [0.2, 0.25) is 0 Å². The molecule has 1 aliphatic rings. The van der Waals surface area contributed by atoms with Crippen molar-refractivity contribution in [1.29, 1.82) is 0 Å². The summed E-state index contributed by atoms with van der Waals surface area (Å²) in [5.41, 5.74) is 4.47. The fraction of sp³-hybridized carbons (Fsp3) is 0.467. The molecule has 1 aromatic carbocycles. The molecule has 0 heterocycles. The molecule has 0 amide bonds. The summed E-state index contributed by atoms with van der Waals surface area (Å²) in [4.78, 5) is 0. The van der Waals surface area contributed by atoms with Gasteiger partial charge in [0.1, 0.15) is 0 Å². The summed E-state index contributed by atoms with van der Waals surface area (Å²) < 4.78 is 0. The van der Waals surface area contributed by atoms with Gasteiger partial charge in [-0.05, 0) is 49.3 Å². The van der Waals surface area contributed by atoms with Crippen molar-refractivity contribution in [2.45, 2.75) is 45.4 Å². The van der Waals surface area contributed by atoms with Crippen LogP contribution >= 0.6 is 0 Å². The van der Waals surface area contributed by atoms with E-state index in [9.17, 15) is 0 Å². The second-order valence-corrected chi connectivity index (χ2v) is 4.50. The van der Waals surface area contributed by atoms with E-state index >= 15 is 0 Å².